The molecule has 1 atom stereocenters. The largest absolute Gasteiger partial charge is 0.368 e. The normalized spacial score (nSPS) is 12.4. The summed E-state index contributed by atoms with van der Waals surface area (Å²) in [6.07, 6.45) is 1.65. The van der Waals surface area contributed by atoms with Crippen molar-refractivity contribution in [3.63, 3.8) is 0 Å². The number of rotatable bonds is 3. The molecule has 3 N–H and O–H groups in total. The van der Waals surface area contributed by atoms with Crippen molar-refractivity contribution in [2.75, 3.05) is 11.1 Å². The minimum atomic E-state index is 0.194. The molecule has 0 aliphatic carbocycles. The maximum atomic E-state index is 5.57. The number of nitrogens with zero attached hydrogens (tertiary/aromatic N) is 2. The van der Waals surface area contributed by atoms with E-state index < -0.39 is 0 Å². The molecule has 0 aromatic carbocycles. The molecule has 0 radical (unpaired) electrons. The summed E-state index contributed by atoms with van der Waals surface area (Å²) in [6, 6.07) is 4.43. The quantitative estimate of drug-likeness (QED) is 0.912. The summed E-state index contributed by atoms with van der Waals surface area (Å²) in [5.41, 5.74) is 5.57. The van der Waals surface area contributed by atoms with E-state index in [1.807, 2.05) is 0 Å². The zero-order chi connectivity index (χ0) is 12.4. The molecular weight excluding hydrogens is 300 g/mol. The molecule has 4 nitrogen and oxygen atoms in total. The fourth-order valence-electron chi connectivity index (χ4n) is 1.44. The molecule has 0 saturated carbocycles. The van der Waals surface area contributed by atoms with E-state index in [-0.39, 0.29) is 12.0 Å². The predicted molar refractivity (Wildman–Crippen MR) is 75.2 cm³/mol. The molecule has 1 unspecified atom stereocenters. The van der Waals surface area contributed by atoms with Crippen LogP contribution < -0.4 is 11.1 Å². The molecule has 6 heteroatoms. The fourth-order valence-corrected chi connectivity index (χ4v) is 2.63. The molecule has 0 fully saturated rings. The predicted octanol–water partition coefficient (Wildman–Crippen LogP) is 3.36. The number of nitrogen functional groups attached to an aromatic ring is 1. The van der Waals surface area contributed by atoms with Gasteiger partial charge in [0.25, 0.3) is 0 Å². The average Bonchev–Trinajstić information content (AvgIpc) is 2.70. The minimum Gasteiger partial charge on any atom is -0.368 e. The topological polar surface area (TPSA) is 63.8 Å². The molecule has 2 aromatic heterocycles. The van der Waals surface area contributed by atoms with Gasteiger partial charge in [-0.25, -0.2) is 4.98 Å². The van der Waals surface area contributed by atoms with Crippen molar-refractivity contribution in [1.29, 1.82) is 0 Å². The van der Waals surface area contributed by atoms with Crippen molar-refractivity contribution >= 4 is 39.0 Å². The highest BCUT2D eigenvalue weighted by molar-refractivity contribution is 9.10. The van der Waals surface area contributed by atoms with Crippen LogP contribution in [0.2, 0.25) is 0 Å². The van der Waals surface area contributed by atoms with Gasteiger partial charge in [-0.2, -0.15) is 4.98 Å². The van der Waals surface area contributed by atoms with Crippen LogP contribution in [0.1, 0.15) is 22.7 Å². The van der Waals surface area contributed by atoms with Crippen LogP contribution in [0.5, 0.6) is 0 Å². The Hall–Kier alpha value is -1.14. The molecule has 0 amide bonds. The van der Waals surface area contributed by atoms with E-state index in [4.69, 9.17) is 5.73 Å². The van der Waals surface area contributed by atoms with E-state index in [1.165, 1.54) is 9.75 Å². The first-order valence-corrected chi connectivity index (χ1v) is 6.78. The van der Waals surface area contributed by atoms with Crippen LogP contribution >= 0.6 is 27.3 Å². The molecule has 0 bridgehead atoms. The lowest BCUT2D eigenvalue weighted by molar-refractivity contribution is 0.892. The van der Waals surface area contributed by atoms with Gasteiger partial charge in [0.2, 0.25) is 5.95 Å². The third kappa shape index (κ3) is 2.95. The minimum absolute atomic E-state index is 0.194. The number of anilines is 2. The van der Waals surface area contributed by atoms with E-state index in [1.54, 1.807) is 17.5 Å². The zero-order valence-corrected chi connectivity index (χ0v) is 12.0. The number of nitrogens with one attached hydrogen (secondary N) is 1. The van der Waals surface area contributed by atoms with Crippen LogP contribution in [0.3, 0.4) is 0 Å². The Bertz CT molecular complexity index is 526. The molecule has 90 valence electrons. The molecule has 0 aliphatic heterocycles. The lowest BCUT2D eigenvalue weighted by atomic mass is 10.2. The summed E-state index contributed by atoms with van der Waals surface area (Å²) in [7, 11) is 0. The van der Waals surface area contributed by atoms with E-state index in [9.17, 15) is 0 Å². The third-order valence-corrected chi connectivity index (χ3v) is 4.07. The van der Waals surface area contributed by atoms with Crippen molar-refractivity contribution in [3.8, 4) is 0 Å². The lowest BCUT2D eigenvalue weighted by Crippen LogP contribution is -2.08. The summed E-state index contributed by atoms with van der Waals surface area (Å²) >= 11 is 5.17. The zero-order valence-electron chi connectivity index (χ0n) is 9.57. The SMILES string of the molecule is Cc1ccc(C(C)Nc2nc(N)ncc2Br)s1. The maximum Gasteiger partial charge on any atom is 0.221 e. The van der Waals surface area contributed by atoms with Crippen molar-refractivity contribution in [2.24, 2.45) is 0 Å². The van der Waals surface area contributed by atoms with Crippen LogP contribution in [0.4, 0.5) is 11.8 Å². The van der Waals surface area contributed by atoms with E-state index in [2.05, 4.69) is 57.2 Å². The molecule has 0 spiro atoms. The summed E-state index contributed by atoms with van der Waals surface area (Å²) in [4.78, 5) is 10.6. The first-order chi connectivity index (χ1) is 8.06. The van der Waals surface area contributed by atoms with Crippen molar-refractivity contribution in [2.45, 2.75) is 19.9 Å². The number of hydrogen-bond acceptors (Lipinski definition) is 5. The second-order valence-corrected chi connectivity index (χ2v) is 5.91. The Morgan fingerprint density at radius 1 is 1.47 bits per heavy atom. The first-order valence-electron chi connectivity index (χ1n) is 5.17. The standard InChI is InChI=1S/C11H13BrN4S/c1-6-3-4-9(17-6)7(2)15-10-8(12)5-14-11(13)16-10/h3-5,7H,1-2H3,(H3,13,14,15,16). The van der Waals surface area contributed by atoms with Gasteiger partial charge in [0.15, 0.2) is 0 Å². The molecule has 2 rings (SSSR count). The van der Waals surface area contributed by atoms with Crippen molar-refractivity contribution in [1.82, 2.24) is 9.97 Å². The Morgan fingerprint density at radius 3 is 2.88 bits per heavy atom. The number of nitrogens with two attached hydrogens (primary N) is 1. The van der Waals surface area contributed by atoms with E-state index in [0.29, 0.717) is 0 Å². The molecule has 17 heavy (non-hydrogen) atoms. The highest BCUT2D eigenvalue weighted by Crippen LogP contribution is 2.28. The average molecular weight is 313 g/mol. The van der Waals surface area contributed by atoms with Crippen LogP contribution in [-0.4, -0.2) is 9.97 Å². The molecule has 2 aromatic rings. The Labute approximate surface area is 112 Å². The van der Waals surface area contributed by atoms with Crippen LogP contribution in [-0.2, 0) is 0 Å². The molecule has 0 saturated heterocycles. The van der Waals surface area contributed by atoms with E-state index in [0.717, 1.165) is 10.3 Å². The Balaban J connectivity index is 2.18. The van der Waals surface area contributed by atoms with Gasteiger partial charge in [-0.05, 0) is 41.9 Å². The Kier molecular flexibility index (Phi) is 3.63. The summed E-state index contributed by atoms with van der Waals surface area (Å²) in [5, 5.41) is 3.31. The maximum absolute atomic E-state index is 5.57. The van der Waals surface area contributed by atoms with Crippen molar-refractivity contribution in [3.05, 3.63) is 32.6 Å². The highest BCUT2D eigenvalue weighted by Gasteiger charge is 2.10. The second kappa shape index (κ2) is 5.01. The van der Waals surface area contributed by atoms with Gasteiger partial charge in [0.05, 0.1) is 10.5 Å². The lowest BCUT2D eigenvalue weighted by Gasteiger charge is -2.14. The molecule has 2 heterocycles. The van der Waals surface area contributed by atoms with E-state index >= 15 is 0 Å². The molecular formula is C11H13BrN4S. The molecule has 0 aliphatic rings. The Morgan fingerprint density at radius 2 is 2.24 bits per heavy atom. The van der Waals surface area contributed by atoms with Crippen LogP contribution in [0.15, 0.2) is 22.8 Å². The number of hydrogen-bond donors (Lipinski definition) is 2. The van der Waals surface area contributed by atoms with Gasteiger partial charge in [-0.3, -0.25) is 0 Å². The number of thiophene rings is 1. The monoisotopic (exact) mass is 312 g/mol. The number of aromatic nitrogens is 2. The summed E-state index contributed by atoms with van der Waals surface area (Å²) in [6.45, 7) is 4.19. The van der Waals surface area contributed by atoms with Gasteiger partial charge >= 0.3 is 0 Å². The van der Waals surface area contributed by atoms with Gasteiger partial charge in [-0.15, -0.1) is 11.3 Å². The first kappa shape index (κ1) is 12.3. The fraction of sp³-hybridized carbons (Fsp3) is 0.273. The number of halogens is 1. The van der Waals surface area contributed by atoms with Gasteiger partial charge in [-0.1, -0.05) is 0 Å². The third-order valence-electron chi connectivity index (χ3n) is 2.30. The van der Waals surface area contributed by atoms with Gasteiger partial charge in [0.1, 0.15) is 5.82 Å². The summed E-state index contributed by atoms with van der Waals surface area (Å²) < 4.78 is 0.812. The smallest absolute Gasteiger partial charge is 0.221 e. The second-order valence-electron chi connectivity index (χ2n) is 3.74. The highest BCUT2D eigenvalue weighted by atomic mass is 79.9. The number of aryl methyl sites for hydroxylation is 1. The van der Waals surface area contributed by atoms with Gasteiger partial charge < -0.3 is 11.1 Å². The van der Waals surface area contributed by atoms with Gasteiger partial charge in [0, 0.05) is 16.0 Å². The summed E-state index contributed by atoms with van der Waals surface area (Å²) in [5.74, 6) is 0.987. The van der Waals surface area contributed by atoms with Crippen LogP contribution in [0, 0.1) is 6.92 Å². The van der Waals surface area contributed by atoms with Crippen LogP contribution in [0.25, 0.3) is 0 Å². The van der Waals surface area contributed by atoms with Crippen molar-refractivity contribution < 1.29 is 0 Å².